The monoisotopic (exact) mass is 302 g/mol. The topological polar surface area (TPSA) is 18.5 Å². The molecule has 1 aromatic rings. The van der Waals surface area contributed by atoms with Crippen molar-refractivity contribution in [1.82, 2.24) is 0 Å². The van der Waals surface area contributed by atoms with Crippen molar-refractivity contribution >= 4 is 0 Å². The summed E-state index contributed by atoms with van der Waals surface area (Å²) in [7, 11) is 0. The van der Waals surface area contributed by atoms with Crippen molar-refractivity contribution in [3.63, 3.8) is 0 Å². The van der Waals surface area contributed by atoms with Crippen LogP contribution in [0.1, 0.15) is 69.3 Å². The van der Waals surface area contributed by atoms with Gasteiger partial charge >= 0.3 is 0 Å². The molecular weight excluding hydrogens is 272 g/mol. The Balaban J connectivity index is 1.95. The van der Waals surface area contributed by atoms with Gasteiger partial charge < -0.3 is 9.47 Å². The van der Waals surface area contributed by atoms with Gasteiger partial charge in [-0.05, 0) is 63.4 Å². The normalized spacial score (nSPS) is 22.0. The first-order chi connectivity index (χ1) is 10.8. The molecule has 0 amide bonds. The Morgan fingerprint density at radius 2 is 1.64 bits per heavy atom. The van der Waals surface area contributed by atoms with E-state index < -0.39 is 0 Å². The smallest absolute Gasteiger partial charge is 0.183 e. The van der Waals surface area contributed by atoms with Crippen LogP contribution in [0.25, 0.3) is 0 Å². The number of hydrogen-bond acceptors (Lipinski definition) is 2. The lowest BCUT2D eigenvalue weighted by molar-refractivity contribution is -0.140. The standard InChI is InChI=1S/C20H30O2/c1-4-7-16-8-10-17(11-9-16)18-12-14-19(15-13-18)20(21-5-2)22-6-3/h4,12-17,20H,1,5-11H2,2-3H3. The summed E-state index contributed by atoms with van der Waals surface area (Å²) in [6.07, 6.45) is 8.29. The maximum Gasteiger partial charge on any atom is 0.183 e. The third kappa shape index (κ3) is 4.69. The molecule has 1 aromatic carbocycles. The molecule has 0 spiro atoms. The van der Waals surface area contributed by atoms with E-state index in [2.05, 4.69) is 36.9 Å². The maximum atomic E-state index is 5.66. The number of allylic oxidation sites excluding steroid dienone is 1. The van der Waals surface area contributed by atoms with Crippen molar-refractivity contribution in [3.8, 4) is 0 Å². The summed E-state index contributed by atoms with van der Waals surface area (Å²) >= 11 is 0. The maximum absolute atomic E-state index is 5.66. The van der Waals surface area contributed by atoms with Gasteiger partial charge in [0.25, 0.3) is 0 Å². The first-order valence-corrected chi connectivity index (χ1v) is 8.72. The molecule has 22 heavy (non-hydrogen) atoms. The van der Waals surface area contributed by atoms with E-state index in [4.69, 9.17) is 9.47 Å². The molecule has 2 nitrogen and oxygen atoms in total. The zero-order valence-electron chi connectivity index (χ0n) is 14.1. The summed E-state index contributed by atoms with van der Waals surface area (Å²) in [5.74, 6) is 1.57. The fourth-order valence-corrected chi connectivity index (χ4v) is 3.44. The van der Waals surface area contributed by atoms with Crippen LogP contribution in [-0.4, -0.2) is 13.2 Å². The molecule has 1 saturated carbocycles. The van der Waals surface area contributed by atoms with Gasteiger partial charge in [-0.3, -0.25) is 0 Å². The lowest BCUT2D eigenvalue weighted by Crippen LogP contribution is -2.13. The fraction of sp³-hybridized carbons (Fsp3) is 0.600. The molecule has 2 rings (SSSR count). The molecule has 0 aliphatic heterocycles. The average Bonchev–Trinajstić information content (AvgIpc) is 2.56. The molecule has 0 N–H and O–H groups in total. The van der Waals surface area contributed by atoms with Crippen LogP contribution in [0.3, 0.4) is 0 Å². The molecule has 0 aromatic heterocycles. The highest BCUT2D eigenvalue weighted by molar-refractivity contribution is 5.26. The number of hydrogen-bond donors (Lipinski definition) is 0. The Kier molecular flexibility index (Phi) is 7.14. The minimum absolute atomic E-state index is 0.229. The van der Waals surface area contributed by atoms with Gasteiger partial charge in [0, 0.05) is 18.8 Å². The van der Waals surface area contributed by atoms with Crippen molar-refractivity contribution in [2.45, 2.75) is 58.2 Å². The lowest BCUT2D eigenvalue weighted by Gasteiger charge is -2.28. The molecule has 0 saturated heterocycles. The van der Waals surface area contributed by atoms with E-state index in [0.29, 0.717) is 19.1 Å². The van der Waals surface area contributed by atoms with E-state index in [-0.39, 0.29) is 6.29 Å². The Morgan fingerprint density at radius 1 is 1.05 bits per heavy atom. The van der Waals surface area contributed by atoms with Gasteiger partial charge in [0.05, 0.1) is 0 Å². The molecule has 0 radical (unpaired) electrons. The summed E-state index contributed by atoms with van der Waals surface area (Å²) in [6.45, 7) is 9.20. The van der Waals surface area contributed by atoms with E-state index in [1.54, 1.807) is 0 Å². The predicted molar refractivity (Wildman–Crippen MR) is 91.9 cm³/mol. The van der Waals surface area contributed by atoms with Crippen LogP contribution in [0.4, 0.5) is 0 Å². The molecule has 122 valence electrons. The summed E-state index contributed by atoms with van der Waals surface area (Å²) < 4.78 is 11.3. The summed E-state index contributed by atoms with van der Waals surface area (Å²) in [4.78, 5) is 0. The molecule has 0 unspecified atom stereocenters. The number of benzene rings is 1. The number of rotatable bonds is 8. The Morgan fingerprint density at radius 3 is 2.14 bits per heavy atom. The highest BCUT2D eigenvalue weighted by Gasteiger charge is 2.22. The second-order valence-corrected chi connectivity index (χ2v) is 6.15. The predicted octanol–water partition coefficient (Wildman–Crippen LogP) is 5.61. The van der Waals surface area contributed by atoms with Crippen LogP contribution in [0, 0.1) is 5.92 Å². The van der Waals surface area contributed by atoms with E-state index >= 15 is 0 Å². The molecular formula is C20H30O2. The summed E-state index contributed by atoms with van der Waals surface area (Å²) in [6, 6.07) is 8.86. The van der Waals surface area contributed by atoms with Crippen molar-refractivity contribution in [1.29, 1.82) is 0 Å². The first kappa shape index (κ1) is 17.2. The van der Waals surface area contributed by atoms with Crippen molar-refractivity contribution in [2.75, 3.05) is 13.2 Å². The van der Waals surface area contributed by atoms with Crippen LogP contribution in [0.2, 0.25) is 0 Å². The molecule has 1 aliphatic carbocycles. The first-order valence-electron chi connectivity index (χ1n) is 8.72. The van der Waals surface area contributed by atoms with Crippen LogP contribution >= 0.6 is 0 Å². The third-order valence-corrected chi connectivity index (χ3v) is 4.66. The molecule has 0 heterocycles. The van der Waals surface area contributed by atoms with Gasteiger partial charge in [-0.2, -0.15) is 0 Å². The molecule has 2 heteroatoms. The van der Waals surface area contributed by atoms with E-state index in [9.17, 15) is 0 Å². The zero-order chi connectivity index (χ0) is 15.8. The highest BCUT2D eigenvalue weighted by atomic mass is 16.7. The van der Waals surface area contributed by atoms with Crippen molar-refractivity contribution in [2.24, 2.45) is 5.92 Å². The quantitative estimate of drug-likeness (QED) is 0.459. The lowest BCUT2D eigenvalue weighted by atomic mass is 9.77. The average molecular weight is 302 g/mol. The zero-order valence-corrected chi connectivity index (χ0v) is 14.1. The molecule has 1 aliphatic rings. The van der Waals surface area contributed by atoms with Crippen LogP contribution in [0.5, 0.6) is 0 Å². The molecule has 0 bridgehead atoms. The second-order valence-electron chi connectivity index (χ2n) is 6.15. The van der Waals surface area contributed by atoms with Gasteiger partial charge in [0.15, 0.2) is 6.29 Å². The molecule has 0 atom stereocenters. The second kappa shape index (κ2) is 9.12. The van der Waals surface area contributed by atoms with Crippen LogP contribution in [0.15, 0.2) is 36.9 Å². The van der Waals surface area contributed by atoms with Crippen LogP contribution < -0.4 is 0 Å². The van der Waals surface area contributed by atoms with Gasteiger partial charge in [0.1, 0.15) is 0 Å². The number of ether oxygens (including phenoxy) is 2. The summed E-state index contributed by atoms with van der Waals surface area (Å²) in [5.41, 5.74) is 2.58. The van der Waals surface area contributed by atoms with Gasteiger partial charge in [-0.25, -0.2) is 0 Å². The Bertz CT molecular complexity index is 424. The van der Waals surface area contributed by atoms with Crippen molar-refractivity contribution < 1.29 is 9.47 Å². The Labute approximate surface area is 135 Å². The SMILES string of the molecule is C=CCC1CCC(c2ccc(C(OCC)OCC)cc2)CC1. The highest BCUT2D eigenvalue weighted by Crippen LogP contribution is 2.37. The summed E-state index contributed by atoms with van der Waals surface area (Å²) in [5, 5.41) is 0. The van der Waals surface area contributed by atoms with E-state index in [1.165, 1.54) is 37.7 Å². The third-order valence-electron chi connectivity index (χ3n) is 4.66. The van der Waals surface area contributed by atoms with E-state index in [1.807, 2.05) is 13.8 Å². The minimum Gasteiger partial charge on any atom is -0.349 e. The molecule has 1 fully saturated rings. The largest absolute Gasteiger partial charge is 0.349 e. The van der Waals surface area contributed by atoms with Crippen LogP contribution in [-0.2, 0) is 9.47 Å². The fourth-order valence-electron chi connectivity index (χ4n) is 3.44. The van der Waals surface area contributed by atoms with Gasteiger partial charge in [0.2, 0.25) is 0 Å². The minimum atomic E-state index is -0.229. The van der Waals surface area contributed by atoms with Gasteiger partial charge in [-0.1, -0.05) is 30.3 Å². The van der Waals surface area contributed by atoms with Gasteiger partial charge in [-0.15, -0.1) is 6.58 Å². The Hall–Kier alpha value is -1.12. The van der Waals surface area contributed by atoms with E-state index in [0.717, 1.165) is 11.5 Å². The van der Waals surface area contributed by atoms with Crippen molar-refractivity contribution in [3.05, 3.63) is 48.0 Å².